The molecule has 0 spiro atoms. The van der Waals surface area contributed by atoms with Crippen molar-refractivity contribution in [3.05, 3.63) is 29.8 Å². The maximum absolute atomic E-state index is 11.3. The Balaban J connectivity index is 2.23. The van der Waals surface area contributed by atoms with E-state index in [0.717, 1.165) is 0 Å². The third-order valence-electron chi connectivity index (χ3n) is 3.52. The highest BCUT2D eigenvalue weighted by atomic mass is 32.2. The molecule has 106 valence electrons. The second kappa shape index (κ2) is 5.09. The van der Waals surface area contributed by atoms with E-state index in [0.29, 0.717) is 24.2 Å². The molecule has 0 atom stereocenters. The van der Waals surface area contributed by atoms with Crippen LogP contribution < -0.4 is 9.88 Å². The van der Waals surface area contributed by atoms with E-state index in [4.69, 9.17) is 9.88 Å². The van der Waals surface area contributed by atoms with Crippen molar-refractivity contribution in [2.45, 2.75) is 18.4 Å². The first-order valence-electron chi connectivity index (χ1n) is 6.00. The van der Waals surface area contributed by atoms with Gasteiger partial charge in [0.15, 0.2) is 0 Å². The van der Waals surface area contributed by atoms with Gasteiger partial charge in [-0.05, 0) is 18.9 Å². The molecule has 1 aromatic carbocycles. The van der Waals surface area contributed by atoms with E-state index in [-0.39, 0.29) is 13.1 Å². The molecule has 0 saturated carbocycles. The molecule has 1 fully saturated rings. The molecule has 0 amide bonds. The summed E-state index contributed by atoms with van der Waals surface area (Å²) in [6.45, 7) is 0.404. The first-order valence-corrected chi connectivity index (χ1v) is 7.51. The molecule has 2 rings (SSSR count). The maximum Gasteiger partial charge on any atom is 0.276 e. The van der Waals surface area contributed by atoms with E-state index in [9.17, 15) is 13.5 Å². The Morgan fingerprint density at radius 3 is 2.42 bits per heavy atom. The molecule has 0 aromatic heterocycles. The Morgan fingerprint density at radius 2 is 1.89 bits per heavy atom. The van der Waals surface area contributed by atoms with Crippen molar-refractivity contribution in [3.8, 4) is 5.75 Å². The summed E-state index contributed by atoms with van der Waals surface area (Å²) < 4.78 is 28.9. The lowest BCUT2D eigenvalue weighted by molar-refractivity contribution is -0.0114. The van der Waals surface area contributed by atoms with Gasteiger partial charge in [0.05, 0.1) is 12.7 Å². The van der Waals surface area contributed by atoms with Gasteiger partial charge in [-0.15, -0.1) is 0 Å². The molecule has 1 aliphatic rings. The van der Waals surface area contributed by atoms with E-state index >= 15 is 0 Å². The van der Waals surface area contributed by atoms with Crippen LogP contribution in [0, 0.1) is 0 Å². The number of hydrogen-bond donors (Lipinski definition) is 2. The van der Waals surface area contributed by atoms with Gasteiger partial charge in [0.25, 0.3) is 10.2 Å². The number of piperidine rings is 1. The summed E-state index contributed by atoms with van der Waals surface area (Å²) in [6.07, 6.45) is 0.591. The molecule has 1 aromatic rings. The minimum Gasteiger partial charge on any atom is -0.496 e. The van der Waals surface area contributed by atoms with Gasteiger partial charge >= 0.3 is 0 Å². The van der Waals surface area contributed by atoms with E-state index in [1.54, 1.807) is 19.2 Å². The second-order valence-corrected chi connectivity index (χ2v) is 6.22. The van der Waals surface area contributed by atoms with Crippen molar-refractivity contribution in [1.29, 1.82) is 0 Å². The summed E-state index contributed by atoms with van der Waals surface area (Å²) >= 11 is 0. The number of para-hydroxylation sites is 1. The first-order chi connectivity index (χ1) is 8.87. The predicted molar refractivity (Wildman–Crippen MR) is 70.8 cm³/mol. The Hall–Kier alpha value is -1.15. The van der Waals surface area contributed by atoms with Crippen LogP contribution in [0.1, 0.15) is 18.4 Å². The number of methoxy groups -OCH3 is 1. The lowest BCUT2D eigenvalue weighted by atomic mass is 9.84. The molecule has 3 N–H and O–H groups in total. The summed E-state index contributed by atoms with van der Waals surface area (Å²) in [4.78, 5) is 0. The zero-order valence-corrected chi connectivity index (χ0v) is 11.6. The molecule has 1 aliphatic heterocycles. The van der Waals surface area contributed by atoms with E-state index in [1.165, 1.54) is 4.31 Å². The number of nitrogens with two attached hydrogens (primary N) is 1. The van der Waals surface area contributed by atoms with Crippen molar-refractivity contribution >= 4 is 10.2 Å². The molecular formula is C12H18N2O4S. The van der Waals surface area contributed by atoms with Crippen molar-refractivity contribution in [3.63, 3.8) is 0 Å². The second-order valence-electron chi connectivity index (χ2n) is 4.68. The lowest BCUT2D eigenvalue weighted by Gasteiger charge is -2.37. The van der Waals surface area contributed by atoms with Crippen LogP contribution in [0.3, 0.4) is 0 Å². The Labute approximate surface area is 113 Å². The van der Waals surface area contributed by atoms with Gasteiger partial charge in [-0.1, -0.05) is 18.2 Å². The van der Waals surface area contributed by atoms with Crippen molar-refractivity contribution < 1.29 is 18.3 Å². The average molecular weight is 286 g/mol. The van der Waals surface area contributed by atoms with E-state index in [2.05, 4.69) is 0 Å². The number of ether oxygens (including phenoxy) is 1. The van der Waals surface area contributed by atoms with Gasteiger partial charge in [0, 0.05) is 18.7 Å². The largest absolute Gasteiger partial charge is 0.496 e. The summed E-state index contributed by atoms with van der Waals surface area (Å²) in [5, 5.41) is 15.8. The monoisotopic (exact) mass is 286 g/mol. The maximum atomic E-state index is 11.3. The molecule has 0 bridgehead atoms. The van der Waals surface area contributed by atoms with Crippen LogP contribution in [0.15, 0.2) is 24.3 Å². The van der Waals surface area contributed by atoms with E-state index < -0.39 is 15.8 Å². The normalized spacial score (nSPS) is 20.2. The Kier molecular flexibility index (Phi) is 3.82. The van der Waals surface area contributed by atoms with Gasteiger partial charge in [-0.25, -0.2) is 5.14 Å². The zero-order valence-electron chi connectivity index (χ0n) is 10.7. The third-order valence-corrected chi connectivity index (χ3v) is 4.60. The number of rotatable bonds is 3. The molecule has 6 nitrogen and oxygen atoms in total. The lowest BCUT2D eigenvalue weighted by Crippen LogP contribution is -2.47. The fourth-order valence-corrected chi connectivity index (χ4v) is 3.10. The van der Waals surface area contributed by atoms with Crippen LogP contribution in [0.25, 0.3) is 0 Å². The topological polar surface area (TPSA) is 92.9 Å². The zero-order chi connectivity index (χ0) is 14.1. The summed E-state index contributed by atoms with van der Waals surface area (Å²) in [7, 11) is -2.14. The van der Waals surface area contributed by atoms with Crippen molar-refractivity contribution in [2.24, 2.45) is 5.14 Å². The minimum absolute atomic E-state index is 0.202. The number of aliphatic hydroxyl groups is 1. The van der Waals surface area contributed by atoms with Crippen molar-refractivity contribution in [2.75, 3.05) is 20.2 Å². The van der Waals surface area contributed by atoms with Gasteiger partial charge in [-0.3, -0.25) is 0 Å². The van der Waals surface area contributed by atoms with E-state index in [1.807, 2.05) is 12.1 Å². The smallest absolute Gasteiger partial charge is 0.276 e. The Bertz CT molecular complexity index is 551. The summed E-state index contributed by atoms with van der Waals surface area (Å²) in [6, 6.07) is 7.22. The number of nitrogens with zero attached hydrogens (tertiary/aromatic N) is 1. The highest BCUT2D eigenvalue weighted by Gasteiger charge is 2.38. The third kappa shape index (κ3) is 2.89. The van der Waals surface area contributed by atoms with Gasteiger partial charge in [0.1, 0.15) is 5.75 Å². The van der Waals surface area contributed by atoms with Crippen LogP contribution >= 0.6 is 0 Å². The van der Waals surface area contributed by atoms with Crippen LogP contribution in [-0.4, -0.2) is 38.0 Å². The Morgan fingerprint density at radius 1 is 1.32 bits per heavy atom. The van der Waals surface area contributed by atoms with Gasteiger partial charge in [-0.2, -0.15) is 12.7 Å². The highest BCUT2D eigenvalue weighted by Crippen LogP contribution is 2.38. The highest BCUT2D eigenvalue weighted by molar-refractivity contribution is 7.86. The average Bonchev–Trinajstić information content (AvgIpc) is 2.38. The molecule has 0 aliphatic carbocycles. The summed E-state index contributed by atoms with van der Waals surface area (Å²) in [5.74, 6) is 0.606. The molecule has 0 unspecified atom stereocenters. The quantitative estimate of drug-likeness (QED) is 0.829. The fourth-order valence-electron chi connectivity index (χ4n) is 2.41. The SMILES string of the molecule is COc1ccccc1C1(O)CCN(S(N)(=O)=O)CC1. The van der Waals surface area contributed by atoms with Gasteiger partial charge in [0.2, 0.25) is 0 Å². The standard InChI is InChI=1S/C12H18N2O4S/c1-18-11-5-3-2-4-10(11)12(15)6-8-14(9-7-12)19(13,16)17/h2-5,15H,6-9H2,1H3,(H2,13,16,17). The van der Waals surface area contributed by atoms with Crippen LogP contribution in [0.2, 0.25) is 0 Å². The molecule has 1 saturated heterocycles. The van der Waals surface area contributed by atoms with Crippen molar-refractivity contribution in [1.82, 2.24) is 4.31 Å². The molecule has 1 heterocycles. The molecule has 0 radical (unpaired) electrons. The van der Waals surface area contributed by atoms with Gasteiger partial charge < -0.3 is 9.84 Å². The number of benzene rings is 1. The first kappa shape index (κ1) is 14.3. The minimum atomic E-state index is -3.68. The van der Waals surface area contributed by atoms with Crippen LogP contribution in [0.5, 0.6) is 5.75 Å². The molecule has 19 heavy (non-hydrogen) atoms. The predicted octanol–water partition coefficient (Wildman–Crippen LogP) is 0.182. The van der Waals surface area contributed by atoms with Crippen LogP contribution in [0.4, 0.5) is 0 Å². The van der Waals surface area contributed by atoms with Crippen LogP contribution in [-0.2, 0) is 15.8 Å². The number of hydrogen-bond acceptors (Lipinski definition) is 4. The summed E-state index contributed by atoms with van der Waals surface area (Å²) in [5.41, 5.74) is -0.389. The molecular weight excluding hydrogens is 268 g/mol. The fraction of sp³-hybridized carbons (Fsp3) is 0.500. The molecule has 7 heteroatoms.